The summed E-state index contributed by atoms with van der Waals surface area (Å²) in [5.74, 6) is -2.92. The van der Waals surface area contributed by atoms with Crippen LogP contribution in [-0.4, -0.2) is 34.4 Å². The predicted octanol–water partition coefficient (Wildman–Crippen LogP) is 2.90. The van der Waals surface area contributed by atoms with Crippen LogP contribution in [0.3, 0.4) is 0 Å². The summed E-state index contributed by atoms with van der Waals surface area (Å²) in [6, 6.07) is 3.01. The highest BCUT2D eigenvalue weighted by molar-refractivity contribution is 6.00. The summed E-state index contributed by atoms with van der Waals surface area (Å²) in [6.07, 6.45) is 4.43. The average Bonchev–Trinajstić information content (AvgIpc) is 2.80. The van der Waals surface area contributed by atoms with Crippen molar-refractivity contribution in [3.05, 3.63) is 86.3 Å². The van der Waals surface area contributed by atoms with Gasteiger partial charge in [-0.2, -0.15) is 0 Å². The van der Waals surface area contributed by atoms with E-state index >= 15 is 0 Å². The molecule has 0 radical (unpaired) electrons. The largest absolute Gasteiger partial charge is 0.487 e. The Balaban J connectivity index is 1.70. The molecule has 7 nitrogen and oxygen atoms in total. The second-order valence-corrected chi connectivity index (χ2v) is 7.63. The van der Waals surface area contributed by atoms with Crippen molar-refractivity contribution in [2.24, 2.45) is 0 Å². The fraction of sp³-hybridized carbons (Fsp3) is 0.292. The molecule has 0 saturated heterocycles. The molecular weight excluding hydrogens is 432 g/mol. The van der Waals surface area contributed by atoms with E-state index < -0.39 is 28.9 Å². The van der Waals surface area contributed by atoms with Gasteiger partial charge in [-0.15, -0.1) is 0 Å². The number of rotatable bonds is 7. The van der Waals surface area contributed by atoms with Gasteiger partial charge < -0.3 is 14.6 Å². The monoisotopic (exact) mass is 453 g/mol. The molecule has 2 aliphatic heterocycles. The van der Waals surface area contributed by atoms with Crippen LogP contribution in [0.1, 0.15) is 46.2 Å². The summed E-state index contributed by atoms with van der Waals surface area (Å²) in [4.78, 5) is 40.6. The molecule has 2 aromatic rings. The zero-order valence-electron chi connectivity index (χ0n) is 17.9. The molecule has 3 heterocycles. The SMILES string of the molecule is CCCCOc1c2n(cc(C(=O)NCc3ccc(F)cc3F)c1=O)CC1=C=C=CCN1C2=O. The summed E-state index contributed by atoms with van der Waals surface area (Å²) >= 11 is 0. The van der Waals surface area contributed by atoms with Crippen molar-refractivity contribution in [1.29, 1.82) is 0 Å². The van der Waals surface area contributed by atoms with Crippen molar-refractivity contribution >= 4 is 11.8 Å². The first-order valence-electron chi connectivity index (χ1n) is 10.5. The third-order valence-corrected chi connectivity index (χ3v) is 5.37. The zero-order valence-corrected chi connectivity index (χ0v) is 17.9. The maximum Gasteiger partial charge on any atom is 0.279 e. The number of nitrogens with one attached hydrogen (secondary N) is 1. The molecule has 0 atom stereocenters. The van der Waals surface area contributed by atoms with E-state index in [9.17, 15) is 23.2 Å². The van der Waals surface area contributed by atoms with Crippen LogP contribution in [0.4, 0.5) is 8.78 Å². The normalized spacial score (nSPS) is 14.0. The van der Waals surface area contributed by atoms with Crippen LogP contribution in [0.15, 0.2) is 52.4 Å². The molecule has 1 aromatic heterocycles. The van der Waals surface area contributed by atoms with E-state index in [0.29, 0.717) is 24.7 Å². The number of unbranched alkanes of at least 4 members (excludes halogenated alkanes) is 1. The van der Waals surface area contributed by atoms with Gasteiger partial charge in [0.2, 0.25) is 5.43 Å². The maximum atomic E-state index is 13.9. The number of benzene rings is 1. The van der Waals surface area contributed by atoms with Crippen molar-refractivity contribution in [1.82, 2.24) is 14.8 Å². The molecular formula is C24H21F2N3O4. The Bertz CT molecular complexity index is 1300. The molecule has 170 valence electrons. The molecule has 33 heavy (non-hydrogen) atoms. The Morgan fingerprint density at radius 2 is 2.09 bits per heavy atom. The quantitative estimate of drug-likeness (QED) is 0.517. The topological polar surface area (TPSA) is 80.6 Å². The Morgan fingerprint density at radius 3 is 2.85 bits per heavy atom. The number of halogens is 2. The number of nitrogens with zero attached hydrogens (tertiary/aromatic N) is 2. The van der Waals surface area contributed by atoms with Crippen LogP contribution in [0.25, 0.3) is 0 Å². The van der Waals surface area contributed by atoms with E-state index in [2.05, 4.69) is 16.8 Å². The highest BCUT2D eigenvalue weighted by atomic mass is 19.1. The molecule has 0 aliphatic carbocycles. The Labute approximate surface area is 188 Å². The van der Waals surface area contributed by atoms with Gasteiger partial charge in [-0.1, -0.05) is 25.1 Å². The molecule has 9 heteroatoms. The van der Waals surface area contributed by atoms with Gasteiger partial charge in [0.1, 0.15) is 17.2 Å². The standard InChI is InChI=1S/C24H21F2N3O4/c1-2-3-10-33-22-20-24(32)29-9-5-4-6-17(29)13-28(20)14-18(21(22)30)23(31)27-12-15-7-8-16(25)11-19(15)26/h5,7-8,11,14H,2-3,9-10,12-13H2,1H3,(H,27,31). The summed E-state index contributed by atoms with van der Waals surface area (Å²) in [5.41, 5.74) is 5.44. The minimum Gasteiger partial charge on any atom is -0.487 e. The number of pyridine rings is 1. The number of hydrogen-bond acceptors (Lipinski definition) is 4. The second kappa shape index (κ2) is 9.28. The van der Waals surface area contributed by atoms with Crippen LogP contribution in [0.2, 0.25) is 0 Å². The average molecular weight is 453 g/mol. The van der Waals surface area contributed by atoms with Crippen molar-refractivity contribution in [3.8, 4) is 5.75 Å². The number of ether oxygens (including phenoxy) is 1. The van der Waals surface area contributed by atoms with Gasteiger partial charge in [0.05, 0.1) is 25.4 Å². The lowest BCUT2D eigenvalue weighted by Crippen LogP contribution is -2.42. The van der Waals surface area contributed by atoms with E-state index in [4.69, 9.17) is 4.74 Å². The first kappa shape index (κ1) is 22.3. The summed E-state index contributed by atoms with van der Waals surface area (Å²) in [7, 11) is 0. The summed E-state index contributed by atoms with van der Waals surface area (Å²) < 4.78 is 34.2. The van der Waals surface area contributed by atoms with Gasteiger partial charge in [0, 0.05) is 24.4 Å². The van der Waals surface area contributed by atoms with Crippen LogP contribution in [0.5, 0.6) is 5.75 Å². The highest BCUT2D eigenvalue weighted by Crippen LogP contribution is 2.27. The lowest BCUT2D eigenvalue weighted by atomic mass is 10.1. The van der Waals surface area contributed by atoms with Gasteiger partial charge in [0.25, 0.3) is 11.8 Å². The Morgan fingerprint density at radius 1 is 1.27 bits per heavy atom. The minimum absolute atomic E-state index is 0.0670. The maximum absolute atomic E-state index is 13.9. The molecule has 1 N–H and O–H groups in total. The fourth-order valence-corrected chi connectivity index (χ4v) is 3.60. The highest BCUT2D eigenvalue weighted by Gasteiger charge is 2.34. The Kier molecular flexibility index (Phi) is 6.27. The predicted molar refractivity (Wildman–Crippen MR) is 115 cm³/mol. The second-order valence-electron chi connectivity index (χ2n) is 7.63. The van der Waals surface area contributed by atoms with Crippen molar-refractivity contribution < 1.29 is 23.1 Å². The first-order chi connectivity index (χ1) is 15.9. The smallest absolute Gasteiger partial charge is 0.279 e. The van der Waals surface area contributed by atoms with Gasteiger partial charge in [0.15, 0.2) is 11.4 Å². The lowest BCUT2D eigenvalue weighted by Gasteiger charge is -2.32. The molecule has 0 fully saturated rings. The number of hydrogen-bond donors (Lipinski definition) is 1. The van der Waals surface area contributed by atoms with Crippen LogP contribution in [0, 0.1) is 11.6 Å². The van der Waals surface area contributed by atoms with Crippen molar-refractivity contribution in [3.63, 3.8) is 0 Å². The molecule has 4 rings (SSSR count). The number of aromatic nitrogens is 1. The summed E-state index contributed by atoms with van der Waals surface area (Å²) in [5, 5.41) is 2.48. The van der Waals surface area contributed by atoms with E-state index in [1.165, 1.54) is 21.7 Å². The van der Waals surface area contributed by atoms with E-state index in [1.54, 1.807) is 6.08 Å². The van der Waals surface area contributed by atoms with Crippen LogP contribution >= 0.6 is 0 Å². The van der Waals surface area contributed by atoms with Gasteiger partial charge >= 0.3 is 0 Å². The molecule has 0 bridgehead atoms. The number of amides is 2. The molecule has 0 saturated carbocycles. The lowest BCUT2D eigenvalue weighted by molar-refractivity contribution is 0.0769. The number of fused-ring (bicyclic) bond motifs is 2. The summed E-state index contributed by atoms with van der Waals surface area (Å²) in [6.45, 7) is 2.41. The van der Waals surface area contributed by atoms with Crippen molar-refractivity contribution in [2.75, 3.05) is 13.2 Å². The molecule has 2 amide bonds. The first-order valence-corrected chi connectivity index (χ1v) is 10.5. The van der Waals surface area contributed by atoms with E-state index in [0.717, 1.165) is 12.5 Å². The minimum atomic E-state index is -0.809. The molecule has 0 unspecified atom stereocenters. The molecule has 1 aromatic carbocycles. The van der Waals surface area contributed by atoms with E-state index in [1.807, 2.05) is 6.92 Å². The third kappa shape index (κ3) is 4.37. The number of carbonyl (C=O) groups excluding carboxylic acids is 2. The van der Waals surface area contributed by atoms with Gasteiger partial charge in [-0.05, 0) is 24.3 Å². The van der Waals surface area contributed by atoms with E-state index in [-0.39, 0.29) is 42.3 Å². The molecule has 2 aliphatic rings. The zero-order chi connectivity index (χ0) is 23.5. The fourth-order valence-electron chi connectivity index (χ4n) is 3.60. The van der Waals surface area contributed by atoms with Crippen LogP contribution < -0.4 is 15.5 Å². The van der Waals surface area contributed by atoms with Gasteiger partial charge in [-0.25, -0.2) is 8.78 Å². The third-order valence-electron chi connectivity index (χ3n) is 5.37. The Hall–Kier alpha value is -3.93. The number of carbonyl (C=O) groups is 2. The number of allylic oxidation sites excluding steroid dienone is 1. The van der Waals surface area contributed by atoms with Gasteiger partial charge in [-0.3, -0.25) is 19.3 Å². The van der Waals surface area contributed by atoms with Crippen LogP contribution in [-0.2, 0) is 13.1 Å². The van der Waals surface area contributed by atoms with Crippen molar-refractivity contribution in [2.45, 2.75) is 32.9 Å². The molecule has 0 spiro atoms.